The van der Waals surface area contributed by atoms with Gasteiger partial charge in [-0.1, -0.05) is 45.0 Å². The van der Waals surface area contributed by atoms with Crippen LogP contribution in [-0.2, 0) is 16.0 Å². The molecule has 0 unspecified atom stereocenters. The Morgan fingerprint density at radius 1 is 1.16 bits per heavy atom. The van der Waals surface area contributed by atoms with Crippen molar-refractivity contribution >= 4 is 48.5 Å². The van der Waals surface area contributed by atoms with Gasteiger partial charge < -0.3 is 4.74 Å². The number of fused-ring (bicyclic) bond motifs is 1. The van der Waals surface area contributed by atoms with Gasteiger partial charge in [-0.05, 0) is 62.1 Å². The molecule has 0 spiro atoms. The van der Waals surface area contributed by atoms with Crippen LogP contribution in [0.5, 0.6) is 0 Å². The number of carbonyl (C=O) groups is 1. The molecule has 0 saturated carbocycles. The van der Waals surface area contributed by atoms with Crippen LogP contribution in [0.4, 0.5) is 5.13 Å². The van der Waals surface area contributed by atoms with Crippen LogP contribution in [0, 0.1) is 20.8 Å². The van der Waals surface area contributed by atoms with E-state index in [4.69, 9.17) is 9.72 Å². The monoisotopic (exact) mass is 515 g/mol. The van der Waals surface area contributed by atoms with Crippen molar-refractivity contribution in [2.24, 2.45) is 0 Å². The van der Waals surface area contributed by atoms with E-state index in [0.717, 1.165) is 64.7 Å². The number of rotatable bonds is 7. The predicted molar refractivity (Wildman–Crippen MR) is 136 cm³/mol. The van der Waals surface area contributed by atoms with Crippen molar-refractivity contribution in [1.82, 2.24) is 9.88 Å². The molecule has 3 aromatic rings. The van der Waals surface area contributed by atoms with Gasteiger partial charge in [0.2, 0.25) is 5.91 Å². The molecule has 1 saturated heterocycles. The van der Waals surface area contributed by atoms with Crippen LogP contribution in [0.3, 0.4) is 0 Å². The Morgan fingerprint density at radius 3 is 2.59 bits per heavy atom. The summed E-state index contributed by atoms with van der Waals surface area (Å²) in [7, 11) is 0. The summed E-state index contributed by atoms with van der Waals surface area (Å²) in [5, 5.41) is 0.785. The zero-order valence-electron chi connectivity index (χ0n) is 19.0. The number of carbonyl (C=O) groups excluding carboxylic acids is 1. The van der Waals surface area contributed by atoms with E-state index in [1.54, 1.807) is 11.3 Å². The molecular formula is C25H30BrN3O2S. The van der Waals surface area contributed by atoms with Gasteiger partial charge in [-0.25, -0.2) is 4.98 Å². The summed E-state index contributed by atoms with van der Waals surface area (Å²) >= 11 is 5.13. The third-order valence-electron chi connectivity index (χ3n) is 6.00. The molecule has 7 heteroatoms. The van der Waals surface area contributed by atoms with Crippen molar-refractivity contribution < 1.29 is 9.53 Å². The Kier molecular flexibility index (Phi) is 7.61. The van der Waals surface area contributed by atoms with Crippen molar-refractivity contribution in [3.8, 4) is 0 Å². The van der Waals surface area contributed by atoms with Crippen LogP contribution in [0.15, 0.2) is 34.8 Å². The Bertz CT molecular complexity index is 1080. The lowest BCUT2D eigenvalue weighted by molar-refractivity contribution is -0.118. The van der Waals surface area contributed by atoms with Gasteiger partial charge in [-0.3, -0.25) is 14.6 Å². The minimum atomic E-state index is 0.111. The Balaban J connectivity index is 1.56. The lowest BCUT2D eigenvalue weighted by atomic mass is 9.97. The largest absolute Gasteiger partial charge is 0.379 e. The summed E-state index contributed by atoms with van der Waals surface area (Å²) in [6, 6.07) is 10.4. The van der Waals surface area contributed by atoms with Crippen LogP contribution in [-0.4, -0.2) is 55.2 Å². The van der Waals surface area contributed by atoms with E-state index in [-0.39, 0.29) is 5.91 Å². The molecule has 2 heterocycles. The van der Waals surface area contributed by atoms with E-state index >= 15 is 0 Å². The number of aromatic nitrogens is 1. The average Bonchev–Trinajstić information content (AvgIpc) is 3.17. The van der Waals surface area contributed by atoms with Crippen molar-refractivity contribution in [2.75, 3.05) is 44.3 Å². The molecule has 1 aromatic heterocycles. The van der Waals surface area contributed by atoms with E-state index in [1.807, 2.05) is 17.0 Å². The SMILES string of the molecule is Cc1cc(C)c(CC(=O)N(CCCN2CCOCC2)c2nc3ccc(Br)cc3s2)c(C)c1. The van der Waals surface area contributed by atoms with Gasteiger partial charge >= 0.3 is 0 Å². The number of anilines is 1. The summed E-state index contributed by atoms with van der Waals surface area (Å²) in [6.45, 7) is 11.4. The highest BCUT2D eigenvalue weighted by Crippen LogP contribution is 2.31. The van der Waals surface area contributed by atoms with Crippen LogP contribution in [0.2, 0.25) is 0 Å². The van der Waals surface area contributed by atoms with Crippen molar-refractivity contribution in [2.45, 2.75) is 33.6 Å². The Hall–Kier alpha value is -1.80. The van der Waals surface area contributed by atoms with Crippen LogP contribution < -0.4 is 4.90 Å². The summed E-state index contributed by atoms with van der Waals surface area (Å²) in [6.07, 6.45) is 1.31. The van der Waals surface area contributed by atoms with E-state index in [0.29, 0.717) is 13.0 Å². The van der Waals surface area contributed by atoms with E-state index in [1.165, 1.54) is 16.7 Å². The fraction of sp³-hybridized carbons (Fsp3) is 0.440. The maximum Gasteiger partial charge on any atom is 0.233 e. The number of ether oxygens (including phenoxy) is 1. The molecule has 1 amide bonds. The van der Waals surface area contributed by atoms with E-state index < -0.39 is 0 Å². The predicted octanol–water partition coefficient (Wildman–Crippen LogP) is 5.28. The number of hydrogen-bond acceptors (Lipinski definition) is 5. The van der Waals surface area contributed by atoms with Crippen molar-refractivity contribution in [3.05, 3.63) is 57.1 Å². The number of morpholine rings is 1. The first kappa shape index (κ1) is 23.4. The summed E-state index contributed by atoms with van der Waals surface area (Å²) in [5.74, 6) is 0.111. The van der Waals surface area contributed by atoms with Gasteiger partial charge in [-0.15, -0.1) is 0 Å². The molecule has 0 radical (unpaired) electrons. The maximum absolute atomic E-state index is 13.6. The van der Waals surface area contributed by atoms with Gasteiger partial charge in [0.15, 0.2) is 5.13 Å². The van der Waals surface area contributed by atoms with Crippen LogP contribution in [0.1, 0.15) is 28.7 Å². The number of thiazole rings is 1. The first-order valence-corrected chi connectivity index (χ1v) is 12.7. The molecule has 2 aromatic carbocycles. The zero-order chi connectivity index (χ0) is 22.7. The number of benzene rings is 2. The highest BCUT2D eigenvalue weighted by Gasteiger charge is 2.22. The standard InChI is InChI=1S/C25H30BrN3O2S/c1-17-13-18(2)21(19(3)14-17)16-24(30)29(8-4-7-28-9-11-31-12-10-28)25-27-22-6-5-20(26)15-23(22)32-25/h5-6,13-15H,4,7-12,16H2,1-3H3. The molecule has 5 nitrogen and oxygen atoms in total. The second kappa shape index (κ2) is 10.4. The summed E-state index contributed by atoms with van der Waals surface area (Å²) in [4.78, 5) is 22.7. The summed E-state index contributed by atoms with van der Waals surface area (Å²) < 4.78 is 7.57. The molecule has 32 heavy (non-hydrogen) atoms. The molecule has 0 atom stereocenters. The van der Waals surface area contributed by atoms with Gasteiger partial charge in [0.1, 0.15) is 0 Å². The molecule has 0 aliphatic carbocycles. The van der Waals surface area contributed by atoms with Gasteiger partial charge in [0.05, 0.1) is 29.9 Å². The third-order valence-corrected chi connectivity index (χ3v) is 7.53. The number of nitrogens with zero attached hydrogens (tertiary/aromatic N) is 3. The smallest absolute Gasteiger partial charge is 0.233 e. The highest BCUT2D eigenvalue weighted by atomic mass is 79.9. The molecule has 1 aliphatic rings. The second-order valence-corrected chi connectivity index (χ2v) is 10.4. The number of hydrogen-bond donors (Lipinski definition) is 0. The Morgan fingerprint density at radius 2 is 1.88 bits per heavy atom. The third kappa shape index (κ3) is 5.57. The topological polar surface area (TPSA) is 45.7 Å². The fourth-order valence-electron chi connectivity index (χ4n) is 4.34. The molecule has 0 N–H and O–H groups in total. The zero-order valence-corrected chi connectivity index (χ0v) is 21.4. The van der Waals surface area contributed by atoms with Gasteiger partial charge in [0, 0.05) is 30.7 Å². The lowest BCUT2D eigenvalue weighted by Crippen LogP contribution is -2.39. The maximum atomic E-state index is 13.6. The van der Waals surface area contributed by atoms with Crippen LogP contribution in [0.25, 0.3) is 10.2 Å². The highest BCUT2D eigenvalue weighted by molar-refractivity contribution is 9.10. The second-order valence-electron chi connectivity index (χ2n) is 8.52. The number of amides is 1. The van der Waals surface area contributed by atoms with Crippen molar-refractivity contribution in [3.63, 3.8) is 0 Å². The van der Waals surface area contributed by atoms with Gasteiger partial charge in [0.25, 0.3) is 0 Å². The molecular weight excluding hydrogens is 486 g/mol. The Labute approximate surface area is 202 Å². The minimum Gasteiger partial charge on any atom is -0.379 e. The van der Waals surface area contributed by atoms with Crippen molar-refractivity contribution in [1.29, 1.82) is 0 Å². The molecule has 170 valence electrons. The lowest BCUT2D eigenvalue weighted by Gasteiger charge is -2.28. The molecule has 0 bridgehead atoms. The van der Waals surface area contributed by atoms with Gasteiger partial charge in [-0.2, -0.15) is 0 Å². The van der Waals surface area contributed by atoms with Crippen LogP contribution >= 0.6 is 27.3 Å². The summed E-state index contributed by atoms with van der Waals surface area (Å²) in [5.41, 5.74) is 5.65. The molecule has 1 aliphatic heterocycles. The first-order valence-electron chi connectivity index (χ1n) is 11.1. The van der Waals surface area contributed by atoms with E-state index in [9.17, 15) is 4.79 Å². The van der Waals surface area contributed by atoms with E-state index in [2.05, 4.69) is 59.8 Å². The fourth-order valence-corrected chi connectivity index (χ4v) is 5.90. The number of aryl methyl sites for hydroxylation is 3. The first-order chi connectivity index (χ1) is 15.4. The number of halogens is 1. The minimum absolute atomic E-state index is 0.111. The quantitative estimate of drug-likeness (QED) is 0.429. The average molecular weight is 517 g/mol. The molecule has 1 fully saturated rings. The molecule has 4 rings (SSSR count). The normalized spacial score (nSPS) is 14.8.